The third-order valence-electron chi connectivity index (χ3n) is 3.99. The molecule has 2 heterocycles. The van der Waals surface area contributed by atoms with Gasteiger partial charge in [-0.3, -0.25) is 4.40 Å². The Balaban J connectivity index is 1.56. The van der Waals surface area contributed by atoms with Crippen molar-refractivity contribution in [2.75, 3.05) is 6.61 Å². The number of para-hydroxylation sites is 1. The number of aromatic nitrogens is 2. The highest BCUT2D eigenvalue weighted by Gasteiger charge is 2.11. The fourth-order valence-corrected chi connectivity index (χ4v) is 3.79. The number of benzene rings is 2. The Morgan fingerprint density at radius 1 is 1.11 bits per heavy atom. The molecule has 0 aliphatic heterocycles. The van der Waals surface area contributed by atoms with Gasteiger partial charge in [0, 0.05) is 23.9 Å². The lowest BCUT2D eigenvalue weighted by atomic mass is 10.1. The number of nitrogens with zero attached hydrogens (tertiary/aromatic N) is 2. The van der Waals surface area contributed by atoms with Crippen LogP contribution in [0.2, 0.25) is 0 Å². The average molecular weight is 392 g/mol. The number of hydrogen-bond acceptors (Lipinski definition) is 6. The highest BCUT2D eigenvalue weighted by molar-refractivity contribution is 7.23. The summed E-state index contributed by atoms with van der Waals surface area (Å²) in [5.41, 5.74) is 2.73. The van der Waals surface area contributed by atoms with Crippen molar-refractivity contribution in [2.24, 2.45) is 0 Å². The molecule has 6 nitrogen and oxygen atoms in total. The molecule has 0 unspecified atom stereocenters. The standard InChI is InChI=1S/C21H16N2O4S/c1-2-26-19(24)10-11-20(25)27-15-7-5-6-14(12-15)16-13-23-17-8-3-4-9-18(17)28-21(23)22-16/h3-13H,2H2,1H3/b11-10-. The van der Waals surface area contributed by atoms with Crippen molar-refractivity contribution in [1.82, 2.24) is 9.38 Å². The van der Waals surface area contributed by atoms with Gasteiger partial charge in [-0.2, -0.15) is 0 Å². The van der Waals surface area contributed by atoms with Crippen molar-refractivity contribution in [3.05, 3.63) is 66.9 Å². The van der Waals surface area contributed by atoms with Crippen LogP contribution in [0.1, 0.15) is 6.92 Å². The number of rotatable bonds is 5. The van der Waals surface area contributed by atoms with Crippen LogP contribution in [-0.4, -0.2) is 27.9 Å². The summed E-state index contributed by atoms with van der Waals surface area (Å²) >= 11 is 1.62. The van der Waals surface area contributed by atoms with Crippen LogP contribution in [0.5, 0.6) is 5.75 Å². The van der Waals surface area contributed by atoms with Crippen molar-refractivity contribution in [3.8, 4) is 17.0 Å². The van der Waals surface area contributed by atoms with Gasteiger partial charge in [-0.05, 0) is 31.2 Å². The molecule has 28 heavy (non-hydrogen) atoms. The lowest BCUT2D eigenvalue weighted by Crippen LogP contribution is -2.06. The highest BCUT2D eigenvalue weighted by Crippen LogP contribution is 2.30. The number of ether oxygens (including phenoxy) is 2. The van der Waals surface area contributed by atoms with Crippen LogP contribution < -0.4 is 4.74 Å². The summed E-state index contributed by atoms with van der Waals surface area (Å²) in [5.74, 6) is -0.863. The summed E-state index contributed by atoms with van der Waals surface area (Å²) in [7, 11) is 0. The molecule has 0 aliphatic rings. The van der Waals surface area contributed by atoms with Crippen LogP contribution >= 0.6 is 11.3 Å². The minimum absolute atomic E-state index is 0.248. The van der Waals surface area contributed by atoms with Gasteiger partial charge in [-0.1, -0.05) is 35.6 Å². The summed E-state index contributed by atoms with van der Waals surface area (Å²) in [4.78, 5) is 28.7. The minimum Gasteiger partial charge on any atom is -0.463 e. The van der Waals surface area contributed by atoms with Crippen LogP contribution in [0.4, 0.5) is 0 Å². The lowest BCUT2D eigenvalue weighted by molar-refractivity contribution is -0.138. The zero-order valence-corrected chi connectivity index (χ0v) is 15.8. The van der Waals surface area contributed by atoms with Crippen molar-refractivity contribution in [3.63, 3.8) is 0 Å². The predicted molar refractivity (Wildman–Crippen MR) is 107 cm³/mol. The Bertz CT molecular complexity index is 1210. The van der Waals surface area contributed by atoms with Crippen LogP contribution in [0.3, 0.4) is 0 Å². The number of thiazole rings is 1. The first-order valence-corrected chi connectivity index (χ1v) is 9.49. The van der Waals surface area contributed by atoms with Gasteiger partial charge in [-0.15, -0.1) is 0 Å². The Morgan fingerprint density at radius 2 is 1.93 bits per heavy atom. The zero-order valence-electron chi connectivity index (χ0n) is 15.0. The van der Waals surface area contributed by atoms with Gasteiger partial charge >= 0.3 is 11.9 Å². The normalized spacial score (nSPS) is 11.3. The largest absolute Gasteiger partial charge is 0.463 e. The minimum atomic E-state index is -0.651. The summed E-state index contributed by atoms with van der Waals surface area (Å²) < 4.78 is 13.2. The molecule has 0 fully saturated rings. The number of imidazole rings is 1. The number of carbonyl (C=O) groups excluding carboxylic acids is 2. The van der Waals surface area contributed by atoms with E-state index in [9.17, 15) is 9.59 Å². The number of carbonyl (C=O) groups is 2. The van der Waals surface area contributed by atoms with E-state index in [4.69, 9.17) is 9.47 Å². The fraction of sp³-hybridized carbons (Fsp3) is 0.0952. The second kappa shape index (κ2) is 7.66. The Labute approximate surface area is 164 Å². The summed E-state index contributed by atoms with van der Waals surface area (Å²) in [6, 6.07) is 15.2. The number of fused-ring (bicyclic) bond motifs is 3. The van der Waals surface area contributed by atoms with E-state index in [2.05, 4.69) is 21.5 Å². The van der Waals surface area contributed by atoms with E-state index < -0.39 is 11.9 Å². The third kappa shape index (κ3) is 3.65. The lowest BCUT2D eigenvalue weighted by Gasteiger charge is -2.03. The van der Waals surface area contributed by atoms with Gasteiger partial charge in [0.2, 0.25) is 0 Å². The molecular formula is C21H16N2O4S. The first-order chi connectivity index (χ1) is 13.6. The molecule has 2 aromatic carbocycles. The molecule has 0 aliphatic carbocycles. The van der Waals surface area contributed by atoms with Crippen molar-refractivity contribution >= 4 is 38.5 Å². The topological polar surface area (TPSA) is 69.9 Å². The number of esters is 2. The maximum Gasteiger partial charge on any atom is 0.336 e. The highest BCUT2D eigenvalue weighted by atomic mass is 32.1. The van der Waals surface area contributed by atoms with Gasteiger partial charge in [-0.25, -0.2) is 14.6 Å². The quantitative estimate of drug-likeness (QED) is 0.289. The Kier molecular flexibility index (Phi) is 4.90. The van der Waals surface area contributed by atoms with E-state index in [-0.39, 0.29) is 6.61 Å². The van der Waals surface area contributed by atoms with E-state index >= 15 is 0 Å². The van der Waals surface area contributed by atoms with Gasteiger partial charge in [0.05, 0.1) is 22.5 Å². The van der Waals surface area contributed by atoms with E-state index in [0.29, 0.717) is 5.75 Å². The molecule has 140 valence electrons. The van der Waals surface area contributed by atoms with E-state index in [0.717, 1.165) is 33.9 Å². The van der Waals surface area contributed by atoms with Gasteiger partial charge in [0.15, 0.2) is 4.96 Å². The monoisotopic (exact) mass is 392 g/mol. The molecule has 0 N–H and O–H groups in total. The molecule has 0 bridgehead atoms. The molecule has 4 aromatic rings. The van der Waals surface area contributed by atoms with Crippen LogP contribution in [0.15, 0.2) is 66.9 Å². The molecule has 2 aromatic heterocycles. The SMILES string of the molecule is CCOC(=O)/C=C\C(=O)Oc1cccc(-c2cn3c(n2)sc2ccccc23)c1. The Hall–Kier alpha value is -3.45. The van der Waals surface area contributed by atoms with Crippen LogP contribution in [-0.2, 0) is 14.3 Å². The van der Waals surface area contributed by atoms with E-state index in [1.54, 1.807) is 36.5 Å². The first kappa shape index (κ1) is 17.9. The van der Waals surface area contributed by atoms with Crippen LogP contribution in [0, 0.1) is 0 Å². The number of hydrogen-bond donors (Lipinski definition) is 0. The molecule has 0 saturated carbocycles. The summed E-state index contributed by atoms with van der Waals surface area (Å²) in [6.45, 7) is 1.94. The second-order valence-corrected chi connectivity index (χ2v) is 6.89. The summed E-state index contributed by atoms with van der Waals surface area (Å²) in [6.07, 6.45) is 4.06. The average Bonchev–Trinajstić information content (AvgIpc) is 3.25. The molecule has 0 amide bonds. The smallest absolute Gasteiger partial charge is 0.336 e. The van der Waals surface area contributed by atoms with E-state index in [1.165, 1.54) is 4.70 Å². The molecule has 0 saturated heterocycles. The molecule has 4 rings (SSSR count). The van der Waals surface area contributed by atoms with Gasteiger partial charge in [0.25, 0.3) is 0 Å². The molecule has 0 atom stereocenters. The molecule has 0 spiro atoms. The van der Waals surface area contributed by atoms with Crippen molar-refractivity contribution < 1.29 is 19.1 Å². The second-order valence-electron chi connectivity index (χ2n) is 5.88. The third-order valence-corrected chi connectivity index (χ3v) is 5.03. The van der Waals surface area contributed by atoms with Crippen LogP contribution in [0.25, 0.3) is 26.4 Å². The molecular weight excluding hydrogens is 376 g/mol. The van der Waals surface area contributed by atoms with Crippen molar-refractivity contribution in [1.29, 1.82) is 0 Å². The maximum atomic E-state index is 11.9. The zero-order chi connectivity index (χ0) is 19.5. The fourth-order valence-electron chi connectivity index (χ4n) is 2.78. The maximum absolute atomic E-state index is 11.9. The summed E-state index contributed by atoms with van der Waals surface area (Å²) in [5, 5.41) is 0. The predicted octanol–water partition coefficient (Wildman–Crippen LogP) is 4.24. The van der Waals surface area contributed by atoms with Gasteiger partial charge in [0.1, 0.15) is 5.75 Å². The Morgan fingerprint density at radius 3 is 2.79 bits per heavy atom. The van der Waals surface area contributed by atoms with E-state index in [1.807, 2.05) is 24.4 Å². The van der Waals surface area contributed by atoms with Crippen molar-refractivity contribution in [2.45, 2.75) is 6.92 Å². The van der Waals surface area contributed by atoms with Gasteiger partial charge < -0.3 is 9.47 Å². The molecule has 0 radical (unpaired) electrons. The molecule has 7 heteroatoms. The first-order valence-electron chi connectivity index (χ1n) is 8.68.